The van der Waals surface area contributed by atoms with E-state index in [-0.39, 0.29) is 30.4 Å². The molecule has 1 aromatic carbocycles. The van der Waals surface area contributed by atoms with E-state index in [9.17, 15) is 9.59 Å². The number of hydrogen-bond donors (Lipinski definition) is 2. The predicted molar refractivity (Wildman–Crippen MR) is 104 cm³/mol. The molecule has 138 valence electrons. The Morgan fingerprint density at radius 3 is 2.88 bits per heavy atom. The fraction of sp³-hybridized carbons (Fsp3) is 0.400. The number of carbonyl (C=O) groups is 2. The molecular weight excluding hydrogens is 348 g/mol. The van der Waals surface area contributed by atoms with Crippen molar-refractivity contribution in [3.63, 3.8) is 0 Å². The zero-order valence-corrected chi connectivity index (χ0v) is 16.1. The van der Waals surface area contributed by atoms with Crippen molar-refractivity contribution < 1.29 is 14.3 Å². The van der Waals surface area contributed by atoms with Gasteiger partial charge in [-0.05, 0) is 61.9 Å². The molecule has 0 spiro atoms. The number of anilines is 1. The molecule has 0 saturated heterocycles. The smallest absolute Gasteiger partial charge is 0.251 e. The van der Waals surface area contributed by atoms with Gasteiger partial charge in [0, 0.05) is 22.2 Å². The summed E-state index contributed by atoms with van der Waals surface area (Å²) in [5, 5.41) is 7.82. The molecule has 1 aliphatic heterocycles. The maximum absolute atomic E-state index is 12.5. The standard InChI is InChI=1S/C20H24N2O3S/c1-12(2)21-20(24)16-10-15(5-4-13(16)3)22-18(23)11-17-19-14(6-8-25-17)7-9-26-19/h4-5,7,9-10,12,17H,6,8,11H2,1-3H3,(H,21,24)(H,22,23). The first-order chi connectivity index (χ1) is 12.4. The van der Waals surface area contributed by atoms with Gasteiger partial charge in [-0.15, -0.1) is 11.3 Å². The van der Waals surface area contributed by atoms with Crippen LogP contribution in [0.4, 0.5) is 5.69 Å². The Labute approximate surface area is 157 Å². The van der Waals surface area contributed by atoms with Crippen molar-refractivity contribution in [1.29, 1.82) is 0 Å². The first kappa shape index (κ1) is 18.6. The van der Waals surface area contributed by atoms with Gasteiger partial charge in [-0.2, -0.15) is 0 Å². The second-order valence-electron chi connectivity index (χ2n) is 6.83. The molecule has 0 saturated carbocycles. The molecule has 2 aromatic rings. The van der Waals surface area contributed by atoms with Crippen LogP contribution in [0.15, 0.2) is 29.6 Å². The summed E-state index contributed by atoms with van der Waals surface area (Å²) in [5.74, 6) is -0.247. The minimum atomic E-state index is -0.187. The summed E-state index contributed by atoms with van der Waals surface area (Å²) < 4.78 is 5.78. The van der Waals surface area contributed by atoms with Crippen LogP contribution in [0.25, 0.3) is 0 Å². The molecule has 0 aliphatic carbocycles. The van der Waals surface area contributed by atoms with Gasteiger partial charge >= 0.3 is 0 Å². The maximum Gasteiger partial charge on any atom is 0.251 e. The Kier molecular flexibility index (Phi) is 5.74. The zero-order chi connectivity index (χ0) is 18.7. The molecule has 5 nitrogen and oxygen atoms in total. The predicted octanol–water partition coefficient (Wildman–Crippen LogP) is 3.84. The number of fused-ring (bicyclic) bond motifs is 1. The lowest BCUT2D eigenvalue weighted by molar-refractivity contribution is -0.119. The van der Waals surface area contributed by atoms with Gasteiger partial charge in [0.25, 0.3) is 5.91 Å². The SMILES string of the molecule is Cc1ccc(NC(=O)CC2OCCc3ccsc32)cc1C(=O)NC(C)C. The first-order valence-electron chi connectivity index (χ1n) is 8.83. The van der Waals surface area contributed by atoms with Crippen molar-refractivity contribution in [2.24, 2.45) is 0 Å². The molecule has 0 fully saturated rings. The number of rotatable bonds is 5. The van der Waals surface area contributed by atoms with Gasteiger partial charge in [-0.3, -0.25) is 9.59 Å². The normalized spacial score (nSPS) is 16.2. The number of amides is 2. The molecule has 1 aliphatic rings. The minimum absolute atomic E-state index is 0.0589. The second-order valence-corrected chi connectivity index (χ2v) is 7.78. The molecule has 2 N–H and O–H groups in total. The van der Waals surface area contributed by atoms with Crippen molar-refractivity contribution in [2.75, 3.05) is 11.9 Å². The molecule has 3 rings (SSSR count). The molecule has 0 bridgehead atoms. The van der Waals surface area contributed by atoms with Crippen molar-refractivity contribution >= 4 is 28.8 Å². The largest absolute Gasteiger partial charge is 0.372 e. The molecule has 1 aromatic heterocycles. The third kappa shape index (κ3) is 4.31. The van der Waals surface area contributed by atoms with Gasteiger partial charge in [0.2, 0.25) is 5.91 Å². The van der Waals surface area contributed by atoms with Crippen LogP contribution in [0.1, 0.15) is 52.7 Å². The van der Waals surface area contributed by atoms with Crippen LogP contribution in [0.2, 0.25) is 0 Å². The van der Waals surface area contributed by atoms with E-state index < -0.39 is 0 Å². The first-order valence-corrected chi connectivity index (χ1v) is 9.71. The van der Waals surface area contributed by atoms with Gasteiger partial charge in [-0.1, -0.05) is 6.07 Å². The lowest BCUT2D eigenvalue weighted by atomic mass is 10.0. The average molecular weight is 372 g/mol. The Hall–Kier alpha value is -2.18. The summed E-state index contributed by atoms with van der Waals surface area (Å²) in [4.78, 5) is 25.9. The van der Waals surface area contributed by atoms with E-state index in [4.69, 9.17) is 4.74 Å². The van der Waals surface area contributed by atoms with Crippen LogP contribution in [0.3, 0.4) is 0 Å². The third-order valence-corrected chi connectivity index (χ3v) is 5.37. The fourth-order valence-electron chi connectivity index (χ4n) is 3.04. The molecule has 0 radical (unpaired) electrons. The lowest BCUT2D eigenvalue weighted by Crippen LogP contribution is -2.30. The topological polar surface area (TPSA) is 67.4 Å². The van der Waals surface area contributed by atoms with E-state index in [1.165, 1.54) is 5.56 Å². The number of nitrogens with one attached hydrogen (secondary N) is 2. The number of hydrogen-bond acceptors (Lipinski definition) is 4. The second kappa shape index (κ2) is 8.01. The molecule has 1 atom stereocenters. The average Bonchev–Trinajstić information content (AvgIpc) is 3.05. The van der Waals surface area contributed by atoms with Crippen LogP contribution in [-0.4, -0.2) is 24.5 Å². The summed E-state index contributed by atoms with van der Waals surface area (Å²) in [6.45, 7) is 6.37. The molecule has 1 unspecified atom stereocenters. The molecular formula is C20H24N2O3S. The summed E-state index contributed by atoms with van der Waals surface area (Å²) in [7, 11) is 0. The Balaban J connectivity index is 1.68. The molecule has 2 heterocycles. The highest BCUT2D eigenvalue weighted by molar-refractivity contribution is 7.10. The minimum Gasteiger partial charge on any atom is -0.372 e. The Morgan fingerprint density at radius 1 is 1.31 bits per heavy atom. The van der Waals surface area contributed by atoms with Gasteiger partial charge in [0.15, 0.2) is 0 Å². The van der Waals surface area contributed by atoms with Crippen LogP contribution < -0.4 is 10.6 Å². The number of benzene rings is 1. The van der Waals surface area contributed by atoms with Gasteiger partial charge < -0.3 is 15.4 Å². The summed E-state index contributed by atoms with van der Waals surface area (Å²) >= 11 is 1.64. The van der Waals surface area contributed by atoms with Crippen molar-refractivity contribution in [3.05, 3.63) is 51.2 Å². The number of ether oxygens (including phenoxy) is 1. The highest BCUT2D eigenvalue weighted by Crippen LogP contribution is 2.34. The van der Waals surface area contributed by atoms with E-state index in [2.05, 4.69) is 16.7 Å². The van der Waals surface area contributed by atoms with E-state index >= 15 is 0 Å². The van der Waals surface area contributed by atoms with Crippen LogP contribution in [0, 0.1) is 6.92 Å². The van der Waals surface area contributed by atoms with Crippen molar-refractivity contribution in [2.45, 2.75) is 45.8 Å². The number of aryl methyl sites for hydroxylation is 1. The van der Waals surface area contributed by atoms with Gasteiger partial charge in [-0.25, -0.2) is 0 Å². The van der Waals surface area contributed by atoms with Crippen LogP contribution in [0.5, 0.6) is 0 Å². The third-order valence-electron chi connectivity index (χ3n) is 4.32. The van der Waals surface area contributed by atoms with Crippen LogP contribution in [-0.2, 0) is 16.0 Å². The van der Waals surface area contributed by atoms with E-state index in [1.54, 1.807) is 17.4 Å². The van der Waals surface area contributed by atoms with Gasteiger partial charge in [0.1, 0.15) is 6.10 Å². The lowest BCUT2D eigenvalue weighted by Gasteiger charge is -2.22. The van der Waals surface area contributed by atoms with Crippen LogP contribution >= 0.6 is 11.3 Å². The molecule has 2 amide bonds. The Morgan fingerprint density at radius 2 is 2.12 bits per heavy atom. The fourth-order valence-corrected chi connectivity index (χ4v) is 4.04. The highest BCUT2D eigenvalue weighted by Gasteiger charge is 2.24. The zero-order valence-electron chi connectivity index (χ0n) is 15.3. The monoisotopic (exact) mass is 372 g/mol. The number of carbonyl (C=O) groups excluding carboxylic acids is 2. The van der Waals surface area contributed by atoms with Crippen molar-refractivity contribution in [1.82, 2.24) is 5.32 Å². The van der Waals surface area contributed by atoms with Gasteiger partial charge in [0.05, 0.1) is 13.0 Å². The van der Waals surface area contributed by atoms with E-state index in [0.29, 0.717) is 17.9 Å². The summed E-state index contributed by atoms with van der Waals surface area (Å²) in [6.07, 6.45) is 0.992. The molecule has 6 heteroatoms. The quantitative estimate of drug-likeness (QED) is 0.838. The summed E-state index contributed by atoms with van der Waals surface area (Å²) in [6, 6.07) is 7.55. The van der Waals surface area contributed by atoms with E-state index in [0.717, 1.165) is 16.9 Å². The maximum atomic E-state index is 12.5. The summed E-state index contributed by atoms with van der Waals surface area (Å²) in [5.41, 5.74) is 3.35. The highest BCUT2D eigenvalue weighted by atomic mass is 32.1. The number of thiophene rings is 1. The van der Waals surface area contributed by atoms with Crippen molar-refractivity contribution in [3.8, 4) is 0 Å². The van der Waals surface area contributed by atoms with E-state index in [1.807, 2.05) is 38.3 Å². The molecule has 26 heavy (non-hydrogen) atoms. The Bertz CT molecular complexity index is 813.